The van der Waals surface area contributed by atoms with Crippen LogP contribution in [0.3, 0.4) is 0 Å². The molecule has 1 aromatic carbocycles. The van der Waals surface area contributed by atoms with E-state index in [1.807, 2.05) is 20.8 Å². The van der Waals surface area contributed by atoms with Gasteiger partial charge in [0.15, 0.2) is 0 Å². The summed E-state index contributed by atoms with van der Waals surface area (Å²) in [5, 5.41) is 4.30. The predicted molar refractivity (Wildman–Crippen MR) is 64.6 cm³/mol. The van der Waals surface area contributed by atoms with Gasteiger partial charge in [-0.25, -0.2) is 14.1 Å². The molecule has 0 fully saturated rings. The van der Waals surface area contributed by atoms with Crippen molar-refractivity contribution in [3.63, 3.8) is 0 Å². The fraction of sp³-hybridized carbons (Fsp3) is 0.333. The fourth-order valence-electron chi connectivity index (χ4n) is 1.66. The predicted octanol–water partition coefficient (Wildman–Crippen LogP) is 2.42. The number of hydrogen-bond acceptors (Lipinski definition) is 3. The lowest BCUT2D eigenvalue weighted by molar-refractivity contribution is 0.631. The fourth-order valence-corrected chi connectivity index (χ4v) is 1.66. The van der Waals surface area contributed by atoms with Crippen LogP contribution in [0.25, 0.3) is 5.69 Å². The first-order valence-corrected chi connectivity index (χ1v) is 5.48. The van der Waals surface area contributed by atoms with Gasteiger partial charge in [-0.15, -0.1) is 0 Å². The van der Waals surface area contributed by atoms with Crippen molar-refractivity contribution in [1.29, 1.82) is 0 Å². The van der Waals surface area contributed by atoms with Gasteiger partial charge < -0.3 is 5.73 Å². The van der Waals surface area contributed by atoms with Gasteiger partial charge >= 0.3 is 0 Å². The third kappa shape index (κ3) is 2.13. The van der Waals surface area contributed by atoms with Gasteiger partial charge in [-0.05, 0) is 25.1 Å². The van der Waals surface area contributed by atoms with E-state index in [9.17, 15) is 4.39 Å². The lowest BCUT2D eigenvalue weighted by Gasteiger charge is -2.09. The minimum atomic E-state index is -0.420. The average molecular weight is 234 g/mol. The van der Waals surface area contributed by atoms with E-state index in [1.165, 1.54) is 6.07 Å². The summed E-state index contributed by atoms with van der Waals surface area (Å²) in [4.78, 5) is 4.36. The van der Waals surface area contributed by atoms with Crippen LogP contribution in [-0.2, 0) is 0 Å². The van der Waals surface area contributed by atoms with E-state index in [0.29, 0.717) is 5.82 Å². The summed E-state index contributed by atoms with van der Waals surface area (Å²) in [6.07, 6.45) is 0. The van der Waals surface area contributed by atoms with E-state index in [4.69, 9.17) is 5.73 Å². The van der Waals surface area contributed by atoms with Gasteiger partial charge in [0.05, 0.1) is 11.4 Å². The van der Waals surface area contributed by atoms with Crippen molar-refractivity contribution in [2.45, 2.75) is 26.7 Å². The van der Waals surface area contributed by atoms with Gasteiger partial charge in [0, 0.05) is 5.92 Å². The molecule has 0 saturated heterocycles. The zero-order chi connectivity index (χ0) is 12.6. The Morgan fingerprint density at radius 2 is 2.06 bits per heavy atom. The van der Waals surface area contributed by atoms with Crippen LogP contribution in [0.5, 0.6) is 0 Å². The number of anilines is 1. The Kier molecular flexibility index (Phi) is 2.83. The molecule has 0 amide bonds. The quantitative estimate of drug-likeness (QED) is 0.812. The van der Waals surface area contributed by atoms with Gasteiger partial charge in [0.1, 0.15) is 17.5 Å². The monoisotopic (exact) mass is 234 g/mol. The first kappa shape index (κ1) is 11.6. The molecule has 2 rings (SSSR count). The Labute approximate surface area is 99.3 Å². The van der Waals surface area contributed by atoms with Crippen LogP contribution in [0, 0.1) is 12.7 Å². The van der Waals surface area contributed by atoms with Crippen molar-refractivity contribution in [3.8, 4) is 5.69 Å². The third-order valence-electron chi connectivity index (χ3n) is 2.48. The standard InChI is InChI=1S/C12H15FN4/c1-7(2)12-15-8(3)16-17(12)9-4-5-10(13)11(14)6-9/h4-7H,14H2,1-3H3. The largest absolute Gasteiger partial charge is 0.396 e. The molecule has 2 aromatic rings. The molecule has 90 valence electrons. The topological polar surface area (TPSA) is 56.7 Å². The lowest BCUT2D eigenvalue weighted by atomic mass is 10.2. The number of nitrogens with two attached hydrogens (primary N) is 1. The zero-order valence-corrected chi connectivity index (χ0v) is 10.1. The van der Waals surface area contributed by atoms with Crippen LogP contribution >= 0.6 is 0 Å². The number of nitrogen functional groups attached to an aromatic ring is 1. The van der Waals surface area contributed by atoms with Crippen LogP contribution < -0.4 is 5.73 Å². The number of hydrogen-bond donors (Lipinski definition) is 1. The zero-order valence-electron chi connectivity index (χ0n) is 10.1. The molecular weight excluding hydrogens is 219 g/mol. The molecule has 0 aliphatic carbocycles. The average Bonchev–Trinajstić information content (AvgIpc) is 2.64. The number of halogens is 1. The summed E-state index contributed by atoms with van der Waals surface area (Å²) >= 11 is 0. The maximum Gasteiger partial charge on any atom is 0.148 e. The van der Waals surface area contributed by atoms with E-state index in [2.05, 4.69) is 10.1 Å². The highest BCUT2D eigenvalue weighted by Crippen LogP contribution is 2.20. The molecule has 0 aliphatic heterocycles. The van der Waals surface area contributed by atoms with E-state index < -0.39 is 5.82 Å². The molecule has 4 nitrogen and oxygen atoms in total. The summed E-state index contributed by atoms with van der Waals surface area (Å²) in [5.74, 6) is 1.35. The molecule has 1 heterocycles. The molecule has 1 aromatic heterocycles. The molecule has 0 atom stereocenters. The van der Waals surface area contributed by atoms with Crippen LogP contribution in [0.15, 0.2) is 18.2 Å². The molecule has 0 unspecified atom stereocenters. The molecule has 0 bridgehead atoms. The first-order valence-electron chi connectivity index (χ1n) is 5.48. The molecule has 0 aliphatic rings. The number of nitrogens with zero attached hydrogens (tertiary/aromatic N) is 3. The van der Waals surface area contributed by atoms with Gasteiger partial charge in [0.2, 0.25) is 0 Å². The highest BCUT2D eigenvalue weighted by Gasteiger charge is 2.13. The summed E-state index contributed by atoms with van der Waals surface area (Å²) < 4.78 is 14.8. The third-order valence-corrected chi connectivity index (χ3v) is 2.48. The van der Waals surface area contributed by atoms with Gasteiger partial charge in [-0.3, -0.25) is 0 Å². The van der Waals surface area contributed by atoms with Crippen molar-refractivity contribution in [2.24, 2.45) is 0 Å². The van der Waals surface area contributed by atoms with Crippen molar-refractivity contribution in [3.05, 3.63) is 35.7 Å². The van der Waals surface area contributed by atoms with Crippen molar-refractivity contribution in [1.82, 2.24) is 14.8 Å². The Morgan fingerprint density at radius 1 is 1.35 bits per heavy atom. The lowest BCUT2D eigenvalue weighted by Crippen LogP contribution is -2.05. The Morgan fingerprint density at radius 3 is 2.65 bits per heavy atom. The Bertz CT molecular complexity index is 545. The second kappa shape index (κ2) is 4.16. The van der Waals surface area contributed by atoms with E-state index >= 15 is 0 Å². The molecule has 0 saturated carbocycles. The summed E-state index contributed by atoms with van der Waals surface area (Å²) in [6, 6.07) is 4.55. The van der Waals surface area contributed by atoms with Gasteiger partial charge in [0.25, 0.3) is 0 Å². The number of aryl methyl sites for hydroxylation is 1. The second-order valence-corrected chi connectivity index (χ2v) is 4.29. The molecule has 17 heavy (non-hydrogen) atoms. The number of rotatable bonds is 2. The van der Waals surface area contributed by atoms with Crippen LogP contribution in [0.1, 0.15) is 31.4 Å². The summed E-state index contributed by atoms with van der Waals surface area (Å²) in [7, 11) is 0. The van der Waals surface area contributed by atoms with Crippen molar-refractivity contribution in [2.75, 3.05) is 5.73 Å². The van der Waals surface area contributed by atoms with E-state index in [1.54, 1.807) is 16.8 Å². The smallest absolute Gasteiger partial charge is 0.148 e. The minimum absolute atomic E-state index is 0.116. The number of aromatic nitrogens is 3. The Hall–Kier alpha value is -1.91. The summed E-state index contributed by atoms with van der Waals surface area (Å²) in [5.41, 5.74) is 6.40. The van der Waals surface area contributed by atoms with Crippen LogP contribution in [-0.4, -0.2) is 14.8 Å². The van der Waals surface area contributed by atoms with Crippen LogP contribution in [0.2, 0.25) is 0 Å². The summed E-state index contributed by atoms with van der Waals surface area (Å²) in [6.45, 7) is 5.90. The maximum atomic E-state index is 13.1. The molecule has 0 spiro atoms. The van der Waals surface area contributed by atoms with E-state index in [0.717, 1.165) is 11.5 Å². The molecule has 2 N–H and O–H groups in total. The maximum absolute atomic E-state index is 13.1. The molecule has 5 heteroatoms. The second-order valence-electron chi connectivity index (χ2n) is 4.29. The first-order chi connectivity index (χ1) is 7.99. The highest BCUT2D eigenvalue weighted by molar-refractivity contribution is 5.48. The van der Waals surface area contributed by atoms with Crippen LogP contribution in [0.4, 0.5) is 10.1 Å². The Balaban J connectivity index is 2.55. The molecule has 0 radical (unpaired) electrons. The van der Waals surface area contributed by atoms with Gasteiger partial charge in [-0.2, -0.15) is 5.10 Å². The van der Waals surface area contributed by atoms with Gasteiger partial charge in [-0.1, -0.05) is 13.8 Å². The SMILES string of the molecule is Cc1nc(C(C)C)n(-c2ccc(F)c(N)c2)n1. The van der Waals surface area contributed by atoms with Crippen molar-refractivity contribution >= 4 is 5.69 Å². The highest BCUT2D eigenvalue weighted by atomic mass is 19.1. The molecular formula is C12H15FN4. The normalized spacial score (nSPS) is 11.1. The minimum Gasteiger partial charge on any atom is -0.396 e. The van der Waals surface area contributed by atoms with Crippen molar-refractivity contribution < 1.29 is 4.39 Å². The van der Waals surface area contributed by atoms with E-state index in [-0.39, 0.29) is 11.6 Å². The number of benzene rings is 1.